The van der Waals surface area contributed by atoms with Crippen molar-refractivity contribution in [3.63, 3.8) is 0 Å². The van der Waals surface area contributed by atoms with E-state index in [1.165, 1.54) is 37.9 Å². The Morgan fingerprint density at radius 1 is 1.30 bits per heavy atom. The zero-order chi connectivity index (χ0) is 13.9. The summed E-state index contributed by atoms with van der Waals surface area (Å²) in [6.07, 6.45) is 3.90. The standard InChI is InChI=1S/C17H26N2O/c1-2-20-15-7-3-5-13(9-15)10-19-11-14-6-4-8-17(18)16(14)12-19/h3,5,7,9,14,16-17H,2,4,6,8,10-12,18H2,1H3. The van der Waals surface area contributed by atoms with E-state index in [2.05, 4.69) is 23.1 Å². The lowest BCUT2D eigenvalue weighted by molar-refractivity contribution is 0.259. The summed E-state index contributed by atoms with van der Waals surface area (Å²) in [5.74, 6) is 2.53. The number of nitrogens with zero attached hydrogens (tertiary/aromatic N) is 1. The average molecular weight is 274 g/mol. The Labute approximate surface area is 122 Å². The highest BCUT2D eigenvalue weighted by Crippen LogP contribution is 2.36. The van der Waals surface area contributed by atoms with Gasteiger partial charge in [0.25, 0.3) is 0 Å². The SMILES string of the molecule is CCOc1cccc(CN2CC3CCCC(N)C3C2)c1. The smallest absolute Gasteiger partial charge is 0.119 e. The second kappa shape index (κ2) is 6.15. The van der Waals surface area contributed by atoms with E-state index in [0.29, 0.717) is 6.04 Å². The molecule has 1 heterocycles. The number of benzene rings is 1. The van der Waals surface area contributed by atoms with Crippen LogP contribution >= 0.6 is 0 Å². The lowest BCUT2D eigenvalue weighted by Gasteiger charge is -2.29. The third-order valence-electron chi connectivity index (χ3n) is 4.85. The highest BCUT2D eigenvalue weighted by atomic mass is 16.5. The summed E-state index contributed by atoms with van der Waals surface area (Å²) in [6, 6.07) is 8.92. The third kappa shape index (κ3) is 2.99. The van der Waals surface area contributed by atoms with Crippen molar-refractivity contribution >= 4 is 0 Å². The molecule has 3 unspecified atom stereocenters. The molecule has 2 aliphatic rings. The summed E-state index contributed by atoms with van der Waals surface area (Å²) in [5, 5.41) is 0. The lowest BCUT2D eigenvalue weighted by atomic mass is 9.78. The van der Waals surface area contributed by atoms with Crippen molar-refractivity contribution in [2.24, 2.45) is 17.6 Å². The van der Waals surface area contributed by atoms with Crippen molar-refractivity contribution in [2.45, 2.75) is 38.8 Å². The number of hydrogen-bond acceptors (Lipinski definition) is 3. The van der Waals surface area contributed by atoms with Crippen LogP contribution in [0, 0.1) is 11.8 Å². The molecule has 3 heteroatoms. The van der Waals surface area contributed by atoms with E-state index in [1.54, 1.807) is 0 Å². The quantitative estimate of drug-likeness (QED) is 0.917. The van der Waals surface area contributed by atoms with Gasteiger partial charge in [-0.05, 0) is 49.3 Å². The van der Waals surface area contributed by atoms with Gasteiger partial charge in [0.05, 0.1) is 6.61 Å². The molecule has 0 aromatic heterocycles. The Morgan fingerprint density at radius 2 is 2.20 bits per heavy atom. The predicted octanol–water partition coefficient (Wildman–Crippen LogP) is 2.64. The first-order valence-corrected chi connectivity index (χ1v) is 7.96. The zero-order valence-corrected chi connectivity index (χ0v) is 12.4. The Bertz CT molecular complexity index is 448. The molecule has 1 aromatic carbocycles. The third-order valence-corrected chi connectivity index (χ3v) is 4.85. The number of fused-ring (bicyclic) bond motifs is 1. The number of nitrogens with two attached hydrogens (primary N) is 1. The fourth-order valence-electron chi connectivity index (χ4n) is 3.90. The van der Waals surface area contributed by atoms with E-state index in [4.69, 9.17) is 10.5 Å². The second-order valence-electron chi connectivity index (χ2n) is 6.29. The molecule has 3 nitrogen and oxygen atoms in total. The van der Waals surface area contributed by atoms with Gasteiger partial charge in [-0.2, -0.15) is 0 Å². The number of hydrogen-bond donors (Lipinski definition) is 1. The molecule has 110 valence electrons. The summed E-state index contributed by atoms with van der Waals surface area (Å²) >= 11 is 0. The maximum absolute atomic E-state index is 6.29. The molecule has 20 heavy (non-hydrogen) atoms. The molecule has 1 saturated carbocycles. The van der Waals surface area contributed by atoms with E-state index < -0.39 is 0 Å². The molecule has 0 radical (unpaired) electrons. The maximum Gasteiger partial charge on any atom is 0.119 e. The maximum atomic E-state index is 6.29. The molecule has 1 aromatic rings. The van der Waals surface area contributed by atoms with Crippen LogP contribution in [0.15, 0.2) is 24.3 Å². The predicted molar refractivity (Wildman–Crippen MR) is 81.7 cm³/mol. The van der Waals surface area contributed by atoms with E-state index >= 15 is 0 Å². The molecule has 1 aliphatic heterocycles. The summed E-state index contributed by atoms with van der Waals surface area (Å²) in [6.45, 7) is 6.17. The van der Waals surface area contributed by atoms with Gasteiger partial charge < -0.3 is 10.5 Å². The topological polar surface area (TPSA) is 38.5 Å². The molecule has 2 N–H and O–H groups in total. The summed E-state index contributed by atoms with van der Waals surface area (Å²) in [4.78, 5) is 2.57. The van der Waals surface area contributed by atoms with Gasteiger partial charge in [-0.1, -0.05) is 18.6 Å². The van der Waals surface area contributed by atoms with Gasteiger partial charge in [-0.3, -0.25) is 4.90 Å². The summed E-state index contributed by atoms with van der Waals surface area (Å²) in [7, 11) is 0. The first kappa shape index (κ1) is 13.9. The molecule has 0 amide bonds. The lowest BCUT2D eigenvalue weighted by Crippen LogP contribution is -2.38. The highest BCUT2D eigenvalue weighted by molar-refractivity contribution is 5.28. The van der Waals surface area contributed by atoms with Crippen LogP contribution in [0.4, 0.5) is 0 Å². The van der Waals surface area contributed by atoms with Crippen LogP contribution in [-0.4, -0.2) is 30.6 Å². The number of ether oxygens (including phenoxy) is 1. The van der Waals surface area contributed by atoms with E-state index in [0.717, 1.165) is 30.7 Å². The fourth-order valence-corrected chi connectivity index (χ4v) is 3.90. The summed E-state index contributed by atoms with van der Waals surface area (Å²) in [5.41, 5.74) is 7.64. The second-order valence-corrected chi connectivity index (χ2v) is 6.29. The minimum absolute atomic E-state index is 0.425. The van der Waals surface area contributed by atoms with Crippen molar-refractivity contribution in [3.05, 3.63) is 29.8 Å². The largest absolute Gasteiger partial charge is 0.494 e. The zero-order valence-electron chi connectivity index (χ0n) is 12.4. The molecular formula is C17H26N2O. The molecular weight excluding hydrogens is 248 g/mol. The molecule has 0 spiro atoms. The molecule has 1 saturated heterocycles. The van der Waals surface area contributed by atoms with Crippen molar-refractivity contribution in [2.75, 3.05) is 19.7 Å². The van der Waals surface area contributed by atoms with Gasteiger partial charge in [-0.25, -0.2) is 0 Å². The van der Waals surface area contributed by atoms with Crippen molar-refractivity contribution < 1.29 is 4.74 Å². The minimum Gasteiger partial charge on any atom is -0.494 e. The Hall–Kier alpha value is -1.06. The highest BCUT2D eigenvalue weighted by Gasteiger charge is 2.38. The molecule has 1 aliphatic carbocycles. The van der Waals surface area contributed by atoms with Crippen LogP contribution in [0.1, 0.15) is 31.7 Å². The molecule has 0 bridgehead atoms. The van der Waals surface area contributed by atoms with Gasteiger partial charge in [0.1, 0.15) is 5.75 Å². The van der Waals surface area contributed by atoms with Gasteiger partial charge in [0, 0.05) is 25.7 Å². The molecule has 3 rings (SSSR count). The first-order chi connectivity index (χ1) is 9.76. The van der Waals surface area contributed by atoms with Crippen molar-refractivity contribution in [1.29, 1.82) is 0 Å². The van der Waals surface area contributed by atoms with E-state index in [-0.39, 0.29) is 0 Å². The van der Waals surface area contributed by atoms with Crippen LogP contribution in [0.25, 0.3) is 0 Å². The van der Waals surface area contributed by atoms with Gasteiger partial charge in [-0.15, -0.1) is 0 Å². The summed E-state index contributed by atoms with van der Waals surface area (Å²) < 4.78 is 5.58. The van der Waals surface area contributed by atoms with Gasteiger partial charge in [0.2, 0.25) is 0 Å². The molecule has 2 fully saturated rings. The Kier molecular flexibility index (Phi) is 4.27. The normalized spacial score (nSPS) is 30.2. The van der Waals surface area contributed by atoms with E-state index in [1.807, 2.05) is 13.0 Å². The van der Waals surface area contributed by atoms with Crippen LogP contribution in [0.2, 0.25) is 0 Å². The number of rotatable bonds is 4. The fraction of sp³-hybridized carbons (Fsp3) is 0.647. The molecule has 3 atom stereocenters. The van der Waals surface area contributed by atoms with Gasteiger partial charge >= 0.3 is 0 Å². The van der Waals surface area contributed by atoms with Crippen LogP contribution in [0.3, 0.4) is 0 Å². The van der Waals surface area contributed by atoms with Crippen LogP contribution in [-0.2, 0) is 6.54 Å². The number of likely N-dealkylation sites (tertiary alicyclic amines) is 1. The minimum atomic E-state index is 0.425. The van der Waals surface area contributed by atoms with E-state index in [9.17, 15) is 0 Å². The monoisotopic (exact) mass is 274 g/mol. The Balaban J connectivity index is 1.62. The Morgan fingerprint density at radius 3 is 3.00 bits per heavy atom. The first-order valence-electron chi connectivity index (χ1n) is 7.96. The van der Waals surface area contributed by atoms with Crippen molar-refractivity contribution in [3.8, 4) is 5.75 Å². The van der Waals surface area contributed by atoms with Crippen LogP contribution in [0.5, 0.6) is 5.75 Å². The van der Waals surface area contributed by atoms with Gasteiger partial charge in [0.15, 0.2) is 0 Å². The van der Waals surface area contributed by atoms with Crippen LogP contribution < -0.4 is 10.5 Å². The average Bonchev–Trinajstić information content (AvgIpc) is 2.83. The van der Waals surface area contributed by atoms with Crippen molar-refractivity contribution in [1.82, 2.24) is 4.90 Å².